The SMILES string of the molecule is CCCCCCCCCCCCc1cc(C)sc1-c1nc2cc3sc(-c4sc(C)cc4CCCCCCCCCCCC)nc3cc2s1. The van der Waals surface area contributed by atoms with Crippen LogP contribution in [0.5, 0.6) is 0 Å². The third-order valence-electron chi connectivity index (χ3n) is 9.75. The monoisotopic (exact) mass is 720 g/mol. The Balaban J connectivity index is 1.15. The third-order valence-corrected chi connectivity index (χ3v) is 14.3. The fourth-order valence-electron chi connectivity index (χ4n) is 7.02. The van der Waals surface area contributed by atoms with Crippen molar-refractivity contribution in [3.05, 3.63) is 45.1 Å². The lowest BCUT2D eigenvalue weighted by Gasteiger charge is -2.03. The highest BCUT2D eigenvalue weighted by Crippen LogP contribution is 2.42. The maximum Gasteiger partial charge on any atom is 0.134 e. The lowest BCUT2D eigenvalue weighted by atomic mass is 10.0. The summed E-state index contributed by atoms with van der Waals surface area (Å²) in [7, 11) is 0. The van der Waals surface area contributed by atoms with Gasteiger partial charge in [-0.2, -0.15) is 0 Å². The van der Waals surface area contributed by atoms with E-state index in [1.165, 1.54) is 191 Å². The van der Waals surface area contributed by atoms with E-state index >= 15 is 0 Å². The number of thiophene rings is 2. The molecular formula is C42H60N2S4. The maximum absolute atomic E-state index is 5.21. The molecule has 0 N–H and O–H groups in total. The largest absolute Gasteiger partial charge is 0.235 e. The van der Waals surface area contributed by atoms with Gasteiger partial charge < -0.3 is 0 Å². The second kappa shape index (κ2) is 20.3. The van der Waals surface area contributed by atoms with Gasteiger partial charge >= 0.3 is 0 Å². The van der Waals surface area contributed by atoms with Gasteiger partial charge in [0.25, 0.3) is 0 Å². The molecule has 0 unspecified atom stereocenters. The molecule has 0 saturated carbocycles. The van der Waals surface area contributed by atoms with Crippen LogP contribution in [-0.4, -0.2) is 9.97 Å². The van der Waals surface area contributed by atoms with E-state index in [9.17, 15) is 0 Å². The van der Waals surface area contributed by atoms with E-state index in [0.29, 0.717) is 0 Å². The summed E-state index contributed by atoms with van der Waals surface area (Å²) in [5, 5.41) is 2.38. The number of aryl methyl sites for hydroxylation is 4. The summed E-state index contributed by atoms with van der Waals surface area (Å²) in [6.45, 7) is 9.10. The summed E-state index contributed by atoms with van der Waals surface area (Å²) in [5.41, 5.74) is 5.26. The molecule has 0 aliphatic carbocycles. The van der Waals surface area contributed by atoms with Crippen LogP contribution in [0, 0.1) is 13.8 Å². The van der Waals surface area contributed by atoms with Crippen molar-refractivity contribution in [3.63, 3.8) is 0 Å². The summed E-state index contributed by atoms with van der Waals surface area (Å²) in [6.07, 6.45) is 30.1. The van der Waals surface area contributed by atoms with Gasteiger partial charge in [-0.3, -0.25) is 0 Å². The van der Waals surface area contributed by atoms with Gasteiger partial charge in [0.05, 0.1) is 30.2 Å². The zero-order valence-corrected chi connectivity index (χ0v) is 33.7. The van der Waals surface area contributed by atoms with Crippen molar-refractivity contribution < 1.29 is 0 Å². The lowest BCUT2D eigenvalue weighted by molar-refractivity contribution is 0.556. The molecule has 0 fully saturated rings. The molecule has 2 nitrogen and oxygen atoms in total. The Labute approximate surface area is 307 Å². The maximum atomic E-state index is 5.21. The zero-order chi connectivity index (χ0) is 33.6. The first-order chi connectivity index (χ1) is 23.6. The summed E-state index contributed by atoms with van der Waals surface area (Å²) in [6, 6.07) is 9.44. The van der Waals surface area contributed by atoms with Gasteiger partial charge in [0.2, 0.25) is 0 Å². The van der Waals surface area contributed by atoms with Crippen molar-refractivity contribution >= 4 is 65.8 Å². The molecule has 1 aromatic carbocycles. The summed E-state index contributed by atoms with van der Waals surface area (Å²) >= 11 is 7.56. The van der Waals surface area contributed by atoms with Gasteiger partial charge in [0, 0.05) is 9.75 Å². The van der Waals surface area contributed by atoms with E-state index in [1.807, 2.05) is 45.3 Å². The number of benzene rings is 1. The van der Waals surface area contributed by atoms with Crippen LogP contribution in [-0.2, 0) is 12.8 Å². The number of hydrogen-bond donors (Lipinski definition) is 0. The van der Waals surface area contributed by atoms with Crippen LogP contribution in [0.2, 0.25) is 0 Å². The summed E-state index contributed by atoms with van der Waals surface area (Å²) < 4.78 is 2.52. The minimum atomic E-state index is 1.13. The van der Waals surface area contributed by atoms with Gasteiger partial charge in [-0.1, -0.05) is 129 Å². The summed E-state index contributed by atoms with van der Waals surface area (Å²) in [4.78, 5) is 16.0. The minimum Gasteiger partial charge on any atom is -0.235 e. The Hall–Kier alpha value is -1.60. The quantitative estimate of drug-likeness (QED) is 0.0593. The molecule has 5 aromatic rings. The van der Waals surface area contributed by atoms with Gasteiger partial charge in [-0.15, -0.1) is 45.3 Å². The molecule has 0 atom stereocenters. The second-order valence-corrected chi connectivity index (χ2v) is 18.7. The van der Waals surface area contributed by atoms with Crippen molar-refractivity contribution in [1.29, 1.82) is 0 Å². The molecule has 48 heavy (non-hydrogen) atoms. The highest BCUT2D eigenvalue weighted by Gasteiger charge is 2.18. The topological polar surface area (TPSA) is 25.8 Å². The molecule has 0 aliphatic rings. The van der Waals surface area contributed by atoms with Crippen LogP contribution in [0.15, 0.2) is 24.3 Å². The molecule has 0 radical (unpaired) electrons. The molecule has 0 amide bonds. The number of aromatic nitrogens is 2. The first-order valence-corrected chi connectivity index (χ1v) is 22.7. The molecule has 6 heteroatoms. The molecule has 0 saturated heterocycles. The Morgan fingerprint density at radius 3 is 1.10 bits per heavy atom. The fraction of sp³-hybridized carbons (Fsp3) is 0.619. The number of rotatable bonds is 24. The van der Waals surface area contributed by atoms with E-state index in [1.54, 1.807) is 0 Å². The third kappa shape index (κ3) is 11.2. The number of unbranched alkanes of at least 4 members (excludes halogenated alkanes) is 18. The first kappa shape index (κ1) is 37.7. The molecular weight excluding hydrogens is 661 g/mol. The predicted octanol–water partition coefficient (Wildman–Crippen LogP) is 15.9. The van der Waals surface area contributed by atoms with Gasteiger partial charge in [-0.25, -0.2) is 9.97 Å². The standard InChI is InChI=1S/C42H60N2S4/c1-5-7-9-11-13-15-17-19-21-23-25-33-27-31(3)45-39(33)41-43-35-29-38-36(30-37(35)47-41)44-42(48-38)40-34(28-32(4)46-40)26-24-22-20-18-16-14-12-10-8-6-2/h27-30H,5-26H2,1-4H3. The van der Waals surface area contributed by atoms with Crippen LogP contribution < -0.4 is 0 Å². The number of fused-ring (bicyclic) bond motifs is 2. The normalized spacial score (nSPS) is 11.9. The van der Waals surface area contributed by atoms with Gasteiger partial charge in [0.1, 0.15) is 10.0 Å². The molecule has 4 heterocycles. The summed E-state index contributed by atoms with van der Waals surface area (Å²) in [5.74, 6) is 0. The molecule has 4 aromatic heterocycles. The second-order valence-electron chi connectivity index (χ2n) is 14.1. The number of thiazole rings is 2. The smallest absolute Gasteiger partial charge is 0.134 e. The van der Waals surface area contributed by atoms with Crippen LogP contribution in [0.1, 0.15) is 163 Å². The van der Waals surface area contributed by atoms with E-state index < -0.39 is 0 Å². The van der Waals surface area contributed by atoms with E-state index in [0.717, 1.165) is 11.0 Å². The highest BCUT2D eigenvalue weighted by atomic mass is 32.1. The number of hydrogen-bond acceptors (Lipinski definition) is 6. The van der Waals surface area contributed by atoms with Crippen molar-refractivity contribution in [2.75, 3.05) is 0 Å². The Morgan fingerprint density at radius 2 is 0.750 bits per heavy atom. The Morgan fingerprint density at radius 1 is 0.417 bits per heavy atom. The van der Waals surface area contributed by atoms with Crippen molar-refractivity contribution in [2.24, 2.45) is 0 Å². The zero-order valence-electron chi connectivity index (χ0n) is 30.4. The van der Waals surface area contributed by atoms with Crippen molar-refractivity contribution in [1.82, 2.24) is 9.97 Å². The molecule has 0 spiro atoms. The lowest BCUT2D eigenvalue weighted by Crippen LogP contribution is -1.87. The fourth-order valence-corrected chi connectivity index (χ4v) is 11.3. The first-order valence-electron chi connectivity index (χ1n) is 19.5. The van der Waals surface area contributed by atoms with Crippen LogP contribution in [0.4, 0.5) is 0 Å². The van der Waals surface area contributed by atoms with E-state index in [-0.39, 0.29) is 0 Å². The van der Waals surface area contributed by atoms with Crippen molar-refractivity contribution in [3.8, 4) is 19.8 Å². The molecule has 5 rings (SSSR count). The Bertz CT molecular complexity index is 1480. The predicted molar refractivity (Wildman–Crippen MR) is 220 cm³/mol. The average Bonchev–Trinajstić information content (AvgIpc) is 3.86. The van der Waals surface area contributed by atoms with E-state index in [2.05, 4.69) is 52.0 Å². The number of nitrogens with zero attached hydrogens (tertiary/aromatic N) is 2. The van der Waals surface area contributed by atoms with Gasteiger partial charge in [-0.05, 0) is 74.9 Å². The molecule has 262 valence electrons. The Kier molecular flexibility index (Phi) is 15.9. The molecule has 0 bridgehead atoms. The minimum absolute atomic E-state index is 1.13. The average molecular weight is 721 g/mol. The van der Waals surface area contributed by atoms with Crippen LogP contribution in [0.3, 0.4) is 0 Å². The van der Waals surface area contributed by atoms with E-state index in [4.69, 9.17) is 9.97 Å². The van der Waals surface area contributed by atoms with Crippen LogP contribution in [0.25, 0.3) is 40.2 Å². The van der Waals surface area contributed by atoms with Crippen molar-refractivity contribution in [2.45, 2.75) is 169 Å². The van der Waals surface area contributed by atoms with Crippen LogP contribution >= 0.6 is 45.3 Å². The van der Waals surface area contributed by atoms with Gasteiger partial charge in [0.15, 0.2) is 0 Å². The molecule has 0 aliphatic heterocycles. The highest BCUT2D eigenvalue weighted by molar-refractivity contribution is 7.27.